The topological polar surface area (TPSA) is 82.2 Å². The maximum absolute atomic E-state index is 12.7. The monoisotopic (exact) mass is 368 g/mol. The molecule has 0 atom stereocenters. The zero-order chi connectivity index (χ0) is 19.4. The van der Waals surface area contributed by atoms with Crippen molar-refractivity contribution in [3.8, 4) is 5.75 Å². The number of carbonyl (C=O) groups excluding carboxylic acids is 1. The van der Waals surface area contributed by atoms with Crippen LogP contribution < -0.4 is 10.1 Å². The van der Waals surface area contributed by atoms with Crippen LogP contribution in [0.25, 0.3) is 0 Å². The third-order valence-corrected chi connectivity index (χ3v) is 4.32. The number of ether oxygens (including phenoxy) is 1. The van der Waals surface area contributed by atoms with Gasteiger partial charge >= 0.3 is 0 Å². The van der Waals surface area contributed by atoms with Crippen LogP contribution in [-0.2, 0) is 13.2 Å². The van der Waals surface area contributed by atoms with Crippen LogP contribution in [0, 0.1) is 20.8 Å². The van der Waals surface area contributed by atoms with Crippen molar-refractivity contribution in [2.45, 2.75) is 47.3 Å². The highest BCUT2D eigenvalue weighted by Crippen LogP contribution is 2.21. The van der Waals surface area contributed by atoms with Crippen LogP contribution in [0.15, 0.2) is 34.9 Å². The standard InChI is InChI=1S/C20H24N4O3/c1-5-10-24-14(3)11-18(22-24)21-20(25)19-16(15(4)27-23-19)12-26-17-9-7-6-8-13(17)2/h6-9,11H,5,10,12H2,1-4H3,(H,21,22,25). The van der Waals surface area contributed by atoms with Crippen molar-refractivity contribution in [1.29, 1.82) is 0 Å². The van der Waals surface area contributed by atoms with E-state index in [9.17, 15) is 4.79 Å². The highest BCUT2D eigenvalue weighted by molar-refractivity contribution is 6.03. The largest absolute Gasteiger partial charge is 0.488 e. The van der Waals surface area contributed by atoms with Crippen molar-refractivity contribution in [3.63, 3.8) is 0 Å². The summed E-state index contributed by atoms with van der Waals surface area (Å²) in [4.78, 5) is 12.7. The highest BCUT2D eigenvalue weighted by Gasteiger charge is 2.21. The van der Waals surface area contributed by atoms with Gasteiger partial charge in [-0.25, -0.2) is 0 Å². The van der Waals surface area contributed by atoms with E-state index in [1.165, 1.54) is 0 Å². The quantitative estimate of drug-likeness (QED) is 0.681. The van der Waals surface area contributed by atoms with Gasteiger partial charge in [0.1, 0.15) is 18.1 Å². The molecular weight excluding hydrogens is 344 g/mol. The molecule has 27 heavy (non-hydrogen) atoms. The molecule has 3 aromatic rings. The van der Waals surface area contributed by atoms with E-state index in [1.54, 1.807) is 6.92 Å². The van der Waals surface area contributed by atoms with Crippen molar-refractivity contribution >= 4 is 11.7 Å². The number of aromatic nitrogens is 3. The Morgan fingerprint density at radius 2 is 2.04 bits per heavy atom. The third kappa shape index (κ3) is 4.19. The van der Waals surface area contributed by atoms with Gasteiger partial charge < -0.3 is 14.6 Å². The van der Waals surface area contributed by atoms with Crippen molar-refractivity contribution in [3.05, 3.63) is 58.6 Å². The lowest BCUT2D eigenvalue weighted by molar-refractivity contribution is 0.101. The second kappa shape index (κ2) is 8.07. The number of rotatable bonds is 7. The number of para-hydroxylation sites is 1. The number of hydrogen-bond acceptors (Lipinski definition) is 5. The minimum Gasteiger partial charge on any atom is -0.488 e. The van der Waals surface area contributed by atoms with Crippen molar-refractivity contribution < 1.29 is 14.1 Å². The fourth-order valence-corrected chi connectivity index (χ4v) is 2.79. The number of anilines is 1. The molecular formula is C20H24N4O3. The molecule has 0 aliphatic carbocycles. The van der Waals surface area contributed by atoms with Gasteiger partial charge in [0.2, 0.25) is 0 Å². The Morgan fingerprint density at radius 1 is 1.26 bits per heavy atom. The summed E-state index contributed by atoms with van der Waals surface area (Å²) in [5.74, 6) is 1.45. The molecule has 142 valence electrons. The van der Waals surface area contributed by atoms with Gasteiger partial charge in [0.15, 0.2) is 11.5 Å². The van der Waals surface area contributed by atoms with E-state index < -0.39 is 0 Å². The SMILES string of the molecule is CCCn1nc(NC(=O)c2noc(C)c2COc2ccccc2C)cc1C. The fourth-order valence-electron chi connectivity index (χ4n) is 2.79. The lowest BCUT2D eigenvalue weighted by Crippen LogP contribution is -2.16. The molecule has 7 nitrogen and oxygen atoms in total. The summed E-state index contributed by atoms with van der Waals surface area (Å²) >= 11 is 0. The molecule has 0 radical (unpaired) electrons. The summed E-state index contributed by atoms with van der Waals surface area (Å²) in [5.41, 5.74) is 2.85. The predicted octanol–water partition coefficient (Wildman–Crippen LogP) is 4.04. The Balaban J connectivity index is 1.74. The molecule has 0 unspecified atom stereocenters. The number of carbonyl (C=O) groups is 1. The Hall–Kier alpha value is -3.09. The minimum absolute atomic E-state index is 0.201. The predicted molar refractivity (Wildman–Crippen MR) is 102 cm³/mol. The van der Waals surface area contributed by atoms with Crippen LogP contribution in [0.3, 0.4) is 0 Å². The van der Waals surface area contributed by atoms with E-state index >= 15 is 0 Å². The van der Waals surface area contributed by atoms with Crippen LogP contribution in [0.2, 0.25) is 0 Å². The maximum Gasteiger partial charge on any atom is 0.279 e. The van der Waals surface area contributed by atoms with Gasteiger partial charge in [-0.05, 0) is 38.8 Å². The van der Waals surface area contributed by atoms with Crippen LogP contribution in [0.4, 0.5) is 5.82 Å². The summed E-state index contributed by atoms with van der Waals surface area (Å²) in [5, 5.41) is 11.1. The Bertz CT molecular complexity index is 943. The van der Waals surface area contributed by atoms with Crippen molar-refractivity contribution in [2.75, 3.05) is 5.32 Å². The molecule has 1 aromatic carbocycles. The average Bonchev–Trinajstić information content (AvgIpc) is 3.17. The number of amides is 1. The van der Waals surface area contributed by atoms with E-state index in [2.05, 4.69) is 22.5 Å². The van der Waals surface area contributed by atoms with Crippen LogP contribution in [0.1, 0.15) is 46.4 Å². The number of nitrogens with zero attached hydrogens (tertiary/aromatic N) is 3. The first-order valence-corrected chi connectivity index (χ1v) is 8.99. The van der Waals surface area contributed by atoms with Gasteiger partial charge in [-0.2, -0.15) is 5.10 Å². The van der Waals surface area contributed by atoms with Gasteiger partial charge in [-0.15, -0.1) is 0 Å². The molecule has 0 aliphatic rings. The smallest absolute Gasteiger partial charge is 0.279 e. The zero-order valence-corrected chi connectivity index (χ0v) is 16.1. The van der Waals surface area contributed by atoms with E-state index in [0.717, 1.165) is 30.0 Å². The highest BCUT2D eigenvalue weighted by atomic mass is 16.5. The fraction of sp³-hybridized carbons (Fsp3) is 0.350. The first kappa shape index (κ1) is 18.7. The van der Waals surface area contributed by atoms with E-state index in [-0.39, 0.29) is 18.2 Å². The molecule has 1 N–H and O–H groups in total. The molecule has 3 rings (SSSR count). The zero-order valence-electron chi connectivity index (χ0n) is 16.1. The molecule has 0 bridgehead atoms. The van der Waals surface area contributed by atoms with Crippen LogP contribution >= 0.6 is 0 Å². The van der Waals surface area contributed by atoms with Gasteiger partial charge in [0, 0.05) is 18.3 Å². The molecule has 1 amide bonds. The molecule has 0 aliphatic heterocycles. The number of nitrogens with one attached hydrogen (secondary N) is 1. The van der Waals surface area contributed by atoms with Crippen LogP contribution in [0.5, 0.6) is 5.75 Å². The normalized spacial score (nSPS) is 10.8. The number of hydrogen-bond donors (Lipinski definition) is 1. The third-order valence-electron chi connectivity index (χ3n) is 4.32. The van der Waals surface area contributed by atoms with Gasteiger partial charge in [-0.1, -0.05) is 30.3 Å². The van der Waals surface area contributed by atoms with Gasteiger partial charge in [0.25, 0.3) is 5.91 Å². The second-order valence-electron chi connectivity index (χ2n) is 6.47. The summed E-state index contributed by atoms with van der Waals surface area (Å²) in [6.07, 6.45) is 0.971. The van der Waals surface area contributed by atoms with Gasteiger partial charge in [-0.3, -0.25) is 9.48 Å². The second-order valence-corrected chi connectivity index (χ2v) is 6.47. The summed E-state index contributed by atoms with van der Waals surface area (Å²) in [6.45, 7) is 8.78. The van der Waals surface area contributed by atoms with Gasteiger partial charge in [0.05, 0.1) is 5.56 Å². The first-order valence-electron chi connectivity index (χ1n) is 8.99. The van der Waals surface area contributed by atoms with Crippen LogP contribution in [-0.4, -0.2) is 20.8 Å². The van der Waals surface area contributed by atoms with E-state index in [0.29, 0.717) is 17.1 Å². The molecule has 0 saturated heterocycles. The molecule has 2 heterocycles. The molecule has 0 spiro atoms. The summed E-state index contributed by atoms with van der Waals surface area (Å²) < 4.78 is 12.9. The number of aryl methyl sites for hydroxylation is 4. The van der Waals surface area contributed by atoms with Crippen molar-refractivity contribution in [1.82, 2.24) is 14.9 Å². The Morgan fingerprint density at radius 3 is 2.78 bits per heavy atom. The summed E-state index contributed by atoms with van der Waals surface area (Å²) in [7, 11) is 0. The molecule has 7 heteroatoms. The molecule has 0 fully saturated rings. The minimum atomic E-state index is -0.364. The van der Waals surface area contributed by atoms with E-state index in [4.69, 9.17) is 9.26 Å². The van der Waals surface area contributed by atoms with E-state index in [1.807, 2.05) is 48.9 Å². The Labute approximate surface area is 158 Å². The lowest BCUT2D eigenvalue weighted by Gasteiger charge is -2.09. The Kier molecular flexibility index (Phi) is 5.59. The van der Waals surface area contributed by atoms with Crippen molar-refractivity contribution in [2.24, 2.45) is 0 Å². The molecule has 0 saturated carbocycles. The lowest BCUT2D eigenvalue weighted by atomic mass is 10.2. The average molecular weight is 368 g/mol. The molecule has 2 aromatic heterocycles. The summed E-state index contributed by atoms with van der Waals surface area (Å²) in [6, 6.07) is 9.56. The number of benzene rings is 1. The first-order chi connectivity index (χ1) is 13.0. The maximum atomic E-state index is 12.7.